The number of nitrogens with zero attached hydrogens (tertiary/aromatic N) is 2. The minimum Gasteiger partial charge on any atom is -0.395 e. The average molecular weight is 294 g/mol. The number of anilines is 1. The molecule has 0 atom stereocenters. The second-order valence-corrected chi connectivity index (χ2v) is 4.46. The van der Waals surface area contributed by atoms with Gasteiger partial charge in [-0.2, -0.15) is 0 Å². The molecule has 1 aromatic heterocycles. The highest BCUT2D eigenvalue weighted by molar-refractivity contribution is 9.10. The van der Waals surface area contributed by atoms with E-state index in [1.54, 1.807) is 6.20 Å². The van der Waals surface area contributed by atoms with Crippen LogP contribution in [0.15, 0.2) is 16.7 Å². The first-order valence-corrected chi connectivity index (χ1v) is 6.03. The molecule has 3 nitrogen and oxygen atoms in total. The third kappa shape index (κ3) is 3.63. The van der Waals surface area contributed by atoms with Crippen molar-refractivity contribution in [1.82, 2.24) is 4.98 Å². The van der Waals surface area contributed by atoms with Crippen LogP contribution in [0.25, 0.3) is 0 Å². The van der Waals surface area contributed by atoms with Crippen LogP contribution in [0.3, 0.4) is 0 Å². The molecule has 1 N–H and O–H groups in total. The molecule has 0 radical (unpaired) electrons. The van der Waals surface area contributed by atoms with E-state index in [0.29, 0.717) is 11.6 Å². The van der Waals surface area contributed by atoms with Gasteiger partial charge in [0.05, 0.1) is 16.1 Å². The van der Waals surface area contributed by atoms with Gasteiger partial charge in [0.2, 0.25) is 0 Å². The molecule has 1 rings (SSSR count). The second-order valence-electron chi connectivity index (χ2n) is 3.17. The number of rotatable bonds is 5. The van der Waals surface area contributed by atoms with Crippen molar-refractivity contribution < 1.29 is 5.11 Å². The van der Waals surface area contributed by atoms with Gasteiger partial charge in [-0.1, -0.05) is 18.5 Å². The molecule has 0 aromatic carbocycles. The molecule has 0 saturated heterocycles. The molecule has 5 heteroatoms. The van der Waals surface area contributed by atoms with Gasteiger partial charge < -0.3 is 10.0 Å². The number of aliphatic hydroxyl groups excluding tert-OH is 1. The third-order valence-electron chi connectivity index (χ3n) is 1.95. The van der Waals surface area contributed by atoms with Crippen LogP contribution in [0.2, 0.25) is 5.02 Å². The van der Waals surface area contributed by atoms with Crippen molar-refractivity contribution in [3.63, 3.8) is 0 Å². The van der Waals surface area contributed by atoms with Crippen LogP contribution in [0, 0.1) is 0 Å². The smallest absolute Gasteiger partial charge is 0.143 e. The number of pyridine rings is 1. The first-order chi connectivity index (χ1) is 7.19. The average Bonchev–Trinajstić information content (AvgIpc) is 2.17. The van der Waals surface area contributed by atoms with E-state index in [1.165, 1.54) is 0 Å². The molecule has 1 aromatic rings. The molecule has 0 aliphatic rings. The Bertz CT molecular complexity index is 316. The Morgan fingerprint density at radius 1 is 1.53 bits per heavy atom. The summed E-state index contributed by atoms with van der Waals surface area (Å²) in [5.74, 6) is 0.829. The predicted molar refractivity (Wildman–Crippen MR) is 66.5 cm³/mol. The molecule has 1 heterocycles. The van der Waals surface area contributed by atoms with E-state index in [2.05, 4.69) is 27.8 Å². The highest BCUT2D eigenvalue weighted by atomic mass is 79.9. The van der Waals surface area contributed by atoms with E-state index in [4.69, 9.17) is 16.7 Å². The minimum atomic E-state index is 0.122. The van der Waals surface area contributed by atoms with Crippen molar-refractivity contribution in [2.24, 2.45) is 0 Å². The van der Waals surface area contributed by atoms with Gasteiger partial charge in [0, 0.05) is 19.3 Å². The summed E-state index contributed by atoms with van der Waals surface area (Å²) in [5, 5.41) is 9.56. The van der Waals surface area contributed by atoms with Gasteiger partial charge in [-0.25, -0.2) is 4.98 Å². The van der Waals surface area contributed by atoms with Gasteiger partial charge >= 0.3 is 0 Å². The van der Waals surface area contributed by atoms with E-state index < -0.39 is 0 Å². The van der Waals surface area contributed by atoms with E-state index in [1.807, 2.05) is 11.0 Å². The Labute approximate surface area is 103 Å². The molecule has 0 aliphatic heterocycles. The van der Waals surface area contributed by atoms with Crippen LogP contribution in [-0.2, 0) is 0 Å². The van der Waals surface area contributed by atoms with Crippen molar-refractivity contribution >= 4 is 33.3 Å². The van der Waals surface area contributed by atoms with E-state index in [0.717, 1.165) is 23.3 Å². The maximum atomic E-state index is 8.96. The number of halogens is 2. The Morgan fingerprint density at radius 3 is 2.80 bits per heavy atom. The highest BCUT2D eigenvalue weighted by Crippen LogP contribution is 2.26. The lowest BCUT2D eigenvalue weighted by atomic mass is 10.3. The molecule has 0 aliphatic carbocycles. The first-order valence-electron chi connectivity index (χ1n) is 4.86. The van der Waals surface area contributed by atoms with Gasteiger partial charge in [-0.15, -0.1) is 0 Å². The molecular formula is C10H14BrClN2O. The lowest BCUT2D eigenvalue weighted by Crippen LogP contribution is -2.28. The zero-order chi connectivity index (χ0) is 11.3. The van der Waals surface area contributed by atoms with Crippen LogP contribution in [-0.4, -0.2) is 29.8 Å². The molecule has 0 bridgehead atoms. The van der Waals surface area contributed by atoms with Crippen LogP contribution >= 0.6 is 27.5 Å². The molecule has 15 heavy (non-hydrogen) atoms. The first kappa shape index (κ1) is 12.7. The van der Waals surface area contributed by atoms with E-state index in [9.17, 15) is 0 Å². The number of hydrogen-bond acceptors (Lipinski definition) is 3. The van der Waals surface area contributed by atoms with Crippen LogP contribution in [0.1, 0.15) is 13.3 Å². The summed E-state index contributed by atoms with van der Waals surface area (Å²) in [7, 11) is 0. The number of aliphatic hydroxyl groups is 1. The summed E-state index contributed by atoms with van der Waals surface area (Å²) in [5.41, 5.74) is 0. The fraction of sp³-hybridized carbons (Fsp3) is 0.500. The summed E-state index contributed by atoms with van der Waals surface area (Å²) >= 11 is 9.23. The fourth-order valence-electron chi connectivity index (χ4n) is 1.35. The highest BCUT2D eigenvalue weighted by Gasteiger charge is 2.10. The van der Waals surface area contributed by atoms with Crippen molar-refractivity contribution in [2.45, 2.75) is 13.3 Å². The van der Waals surface area contributed by atoms with Gasteiger partial charge in [0.1, 0.15) is 5.82 Å². The molecule has 0 saturated carbocycles. The monoisotopic (exact) mass is 292 g/mol. The zero-order valence-corrected chi connectivity index (χ0v) is 10.9. The van der Waals surface area contributed by atoms with Crippen molar-refractivity contribution in [1.29, 1.82) is 0 Å². The normalized spacial score (nSPS) is 10.4. The third-order valence-corrected chi connectivity index (χ3v) is 2.74. The van der Waals surface area contributed by atoms with Crippen molar-refractivity contribution in [3.8, 4) is 0 Å². The topological polar surface area (TPSA) is 36.4 Å². The largest absolute Gasteiger partial charge is 0.395 e. The lowest BCUT2D eigenvalue weighted by molar-refractivity contribution is 0.301. The Balaban J connectivity index is 2.89. The Hall–Kier alpha value is -0.320. The van der Waals surface area contributed by atoms with Crippen LogP contribution in [0.4, 0.5) is 5.82 Å². The predicted octanol–water partition coefficient (Wildman–Crippen LogP) is 2.71. The second kappa shape index (κ2) is 6.30. The molecule has 84 valence electrons. The fourth-order valence-corrected chi connectivity index (χ4v) is 2.24. The maximum absolute atomic E-state index is 8.96. The molecule has 0 amide bonds. The molecular weight excluding hydrogens is 279 g/mol. The van der Waals surface area contributed by atoms with Gasteiger partial charge in [-0.3, -0.25) is 0 Å². The number of hydrogen-bond donors (Lipinski definition) is 1. The minimum absolute atomic E-state index is 0.122. The zero-order valence-electron chi connectivity index (χ0n) is 8.58. The van der Waals surface area contributed by atoms with Crippen molar-refractivity contribution in [3.05, 3.63) is 21.8 Å². The SMILES string of the molecule is CCCN(CCO)c1ncc(Cl)cc1Br. The summed E-state index contributed by atoms with van der Waals surface area (Å²) < 4.78 is 0.858. The van der Waals surface area contributed by atoms with E-state index >= 15 is 0 Å². The molecule has 0 spiro atoms. The summed E-state index contributed by atoms with van der Waals surface area (Å²) in [6.07, 6.45) is 2.62. The van der Waals surface area contributed by atoms with E-state index in [-0.39, 0.29) is 6.61 Å². The summed E-state index contributed by atoms with van der Waals surface area (Å²) in [6, 6.07) is 1.81. The van der Waals surface area contributed by atoms with Crippen LogP contribution in [0.5, 0.6) is 0 Å². The summed E-state index contributed by atoms with van der Waals surface area (Å²) in [4.78, 5) is 6.28. The standard InChI is InChI=1S/C10H14BrClN2O/c1-2-3-14(4-5-15)10-9(11)6-8(12)7-13-10/h6-7,15H,2-5H2,1H3. The van der Waals surface area contributed by atoms with Gasteiger partial charge in [-0.05, 0) is 28.4 Å². The summed E-state index contributed by atoms with van der Waals surface area (Å²) in [6.45, 7) is 3.67. The Kier molecular flexibility index (Phi) is 5.36. The van der Waals surface area contributed by atoms with Gasteiger partial charge in [0.15, 0.2) is 0 Å². The quantitative estimate of drug-likeness (QED) is 0.907. The Morgan fingerprint density at radius 2 is 2.27 bits per heavy atom. The molecule has 0 fully saturated rings. The maximum Gasteiger partial charge on any atom is 0.143 e. The lowest BCUT2D eigenvalue weighted by Gasteiger charge is -2.23. The van der Waals surface area contributed by atoms with Crippen molar-refractivity contribution in [2.75, 3.05) is 24.6 Å². The van der Waals surface area contributed by atoms with Crippen LogP contribution < -0.4 is 4.90 Å². The molecule has 0 unspecified atom stereocenters. The van der Waals surface area contributed by atoms with Gasteiger partial charge in [0.25, 0.3) is 0 Å². The number of aromatic nitrogens is 1.